The van der Waals surface area contributed by atoms with E-state index in [0.717, 1.165) is 31.1 Å². The average molecular weight is 271 g/mol. The van der Waals surface area contributed by atoms with Crippen molar-refractivity contribution in [3.05, 3.63) is 10.0 Å². The van der Waals surface area contributed by atoms with Gasteiger partial charge in [0.15, 0.2) is 10.3 Å². The zero-order valence-corrected chi connectivity index (χ0v) is 11.5. The Hall–Kier alpha value is -0.830. The predicted molar refractivity (Wildman–Crippen MR) is 70.8 cm³/mol. The highest BCUT2D eigenvalue weighted by Gasteiger charge is 2.29. The summed E-state index contributed by atoms with van der Waals surface area (Å²) in [7, 11) is 2.00. The molecule has 92 valence electrons. The Morgan fingerprint density at radius 3 is 2.65 bits per heavy atom. The van der Waals surface area contributed by atoms with Crippen molar-refractivity contribution in [3.8, 4) is 6.07 Å². The minimum Gasteiger partial charge on any atom is -0.348 e. The Bertz CT molecular complexity index is 443. The molecule has 0 aromatic carbocycles. The fourth-order valence-corrected chi connectivity index (χ4v) is 3.03. The van der Waals surface area contributed by atoms with Gasteiger partial charge in [-0.15, -0.1) is 0 Å². The molecule has 0 bridgehead atoms. The molecule has 2 heterocycles. The molecule has 1 N–H and O–H groups in total. The van der Waals surface area contributed by atoms with E-state index >= 15 is 0 Å². The fourth-order valence-electron chi connectivity index (χ4n) is 1.94. The van der Waals surface area contributed by atoms with Gasteiger partial charge in [-0.25, -0.2) is 4.98 Å². The van der Waals surface area contributed by atoms with Crippen LogP contribution >= 0.6 is 22.9 Å². The SMILES string of the molecule is CNC1(C)CCN(c2nc(Cl)c(C#N)s2)CC1. The number of nitriles is 1. The van der Waals surface area contributed by atoms with Gasteiger partial charge in [-0.2, -0.15) is 5.26 Å². The van der Waals surface area contributed by atoms with E-state index in [-0.39, 0.29) is 5.54 Å². The number of nitrogens with one attached hydrogen (secondary N) is 1. The third-order valence-corrected chi connectivity index (χ3v) is 4.82. The van der Waals surface area contributed by atoms with Gasteiger partial charge in [0.2, 0.25) is 0 Å². The first-order valence-corrected chi connectivity index (χ1v) is 6.78. The number of anilines is 1. The highest BCUT2D eigenvalue weighted by Crippen LogP contribution is 2.32. The molecule has 1 saturated heterocycles. The van der Waals surface area contributed by atoms with Gasteiger partial charge in [-0.05, 0) is 26.8 Å². The molecule has 0 unspecified atom stereocenters. The van der Waals surface area contributed by atoms with Crippen molar-refractivity contribution in [2.75, 3.05) is 25.0 Å². The summed E-state index contributed by atoms with van der Waals surface area (Å²) in [4.78, 5) is 6.95. The maximum Gasteiger partial charge on any atom is 0.188 e. The molecule has 0 spiro atoms. The Balaban J connectivity index is 2.08. The lowest BCUT2D eigenvalue weighted by atomic mass is 9.90. The van der Waals surface area contributed by atoms with Crippen LogP contribution < -0.4 is 10.2 Å². The standard InChI is InChI=1S/C11H15ClN4S/c1-11(14-2)3-5-16(6-4-11)10-15-9(12)8(7-13)17-10/h14H,3-6H2,1-2H3. The van der Waals surface area contributed by atoms with Gasteiger partial charge < -0.3 is 10.2 Å². The van der Waals surface area contributed by atoms with Gasteiger partial charge in [-0.1, -0.05) is 22.9 Å². The van der Waals surface area contributed by atoms with E-state index in [4.69, 9.17) is 16.9 Å². The Morgan fingerprint density at radius 1 is 1.53 bits per heavy atom. The van der Waals surface area contributed by atoms with Crippen LogP contribution in [0, 0.1) is 11.3 Å². The molecular formula is C11H15ClN4S. The zero-order chi connectivity index (χ0) is 12.5. The molecule has 1 aliphatic rings. The van der Waals surface area contributed by atoms with Crippen LogP contribution in [-0.4, -0.2) is 30.7 Å². The molecule has 1 aliphatic heterocycles. The molecule has 0 amide bonds. The van der Waals surface area contributed by atoms with Crippen molar-refractivity contribution in [1.29, 1.82) is 5.26 Å². The Labute approximate surface area is 110 Å². The minimum atomic E-state index is 0.218. The first kappa shape index (κ1) is 12.6. The van der Waals surface area contributed by atoms with E-state index in [2.05, 4.69) is 28.2 Å². The zero-order valence-electron chi connectivity index (χ0n) is 9.96. The van der Waals surface area contributed by atoms with E-state index in [0.29, 0.717) is 10.0 Å². The van der Waals surface area contributed by atoms with Crippen LogP contribution in [0.3, 0.4) is 0 Å². The Kier molecular flexibility index (Phi) is 3.57. The third kappa shape index (κ3) is 2.54. The lowest BCUT2D eigenvalue weighted by molar-refractivity contribution is 0.305. The topological polar surface area (TPSA) is 52.0 Å². The highest BCUT2D eigenvalue weighted by atomic mass is 35.5. The van der Waals surface area contributed by atoms with Gasteiger partial charge in [0.05, 0.1) is 0 Å². The molecule has 0 radical (unpaired) electrons. The van der Waals surface area contributed by atoms with Crippen molar-refractivity contribution in [1.82, 2.24) is 10.3 Å². The first-order valence-electron chi connectivity index (χ1n) is 5.58. The second-order valence-electron chi connectivity index (χ2n) is 4.53. The molecule has 6 heteroatoms. The molecule has 1 aromatic rings. The van der Waals surface area contributed by atoms with Crippen LogP contribution in [0.1, 0.15) is 24.6 Å². The smallest absolute Gasteiger partial charge is 0.188 e. The summed E-state index contributed by atoms with van der Waals surface area (Å²) in [6, 6.07) is 2.07. The van der Waals surface area contributed by atoms with Crippen LogP contribution in [0.25, 0.3) is 0 Å². The third-order valence-electron chi connectivity index (χ3n) is 3.42. The molecule has 17 heavy (non-hydrogen) atoms. The summed E-state index contributed by atoms with van der Waals surface area (Å²) >= 11 is 7.26. The number of thiazole rings is 1. The average Bonchev–Trinajstić information content (AvgIpc) is 2.71. The summed E-state index contributed by atoms with van der Waals surface area (Å²) in [6.07, 6.45) is 2.14. The van der Waals surface area contributed by atoms with Crippen LogP contribution in [0.4, 0.5) is 5.13 Å². The molecule has 1 aromatic heterocycles. The molecule has 0 atom stereocenters. The molecule has 0 aliphatic carbocycles. The number of rotatable bonds is 2. The van der Waals surface area contributed by atoms with Crippen LogP contribution in [0.15, 0.2) is 0 Å². The monoisotopic (exact) mass is 270 g/mol. The van der Waals surface area contributed by atoms with Crippen molar-refractivity contribution < 1.29 is 0 Å². The van der Waals surface area contributed by atoms with Crippen LogP contribution in [0.2, 0.25) is 5.15 Å². The van der Waals surface area contributed by atoms with Crippen LogP contribution in [-0.2, 0) is 0 Å². The summed E-state index contributed by atoms with van der Waals surface area (Å²) in [6.45, 7) is 4.14. The second kappa shape index (κ2) is 4.81. The predicted octanol–water partition coefficient (Wildman–Crippen LogP) is 2.25. The van der Waals surface area contributed by atoms with Gasteiger partial charge in [0.1, 0.15) is 10.9 Å². The van der Waals surface area contributed by atoms with Gasteiger partial charge in [-0.3, -0.25) is 0 Å². The number of piperidine rings is 1. The molecule has 1 fully saturated rings. The quantitative estimate of drug-likeness (QED) is 0.896. The molecular weight excluding hydrogens is 256 g/mol. The van der Waals surface area contributed by atoms with E-state index < -0.39 is 0 Å². The lowest BCUT2D eigenvalue weighted by Crippen LogP contribution is -2.50. The van der Waals surface area contributed by atoms with Gasteiger partial charge >= 0.3 is 0 Å². The van der Waals surface area contributed by atoms with Crippen molar-refractivity contribution >= 4 is 28.1 Å². The summed E-state index contributed by atoms with van der Waals surface area (Å²) in [5, 5.41) is 13.4. The van der Waals surface area contributed by atoms with E-state index in [9.17, 15) is 0 Å². The van der Waals surface area contributed by atoms with Crippen molar-refractivity contribution in [2.45, 2.75) is 25.3 Å². The van der Waals surface area contributed by atoms with E-state index in [1.165, 1.54) is 11.3 Å². The number of aromatic nitrogens is 1. The number of nitrogens with zero attached hydrogens (tertiary/aromatic N) is 3. The van der Waals surface area contributed by atoms with Crippen molar-refractivity contribution in [2.24, 2.45) is 0 Å². The normalized spacial score (nSPS) is 19.1. The summed E-state index contributed by atoms with van der Waals surface area (Å²) < 4.78 is 0. The molecule has 0 saturated carbocycles. The van der Waals surface area contributed by atoms with E-state index in [1.807, 2.05) is 7.05 Å². The summed E-state index contributed by atoms with van der Waals surface area (Å²) in [5.41, 5.74) is 0.218. The largest absolute Gasteiger partial charge is 0.348 e. The van der Waals surface area contributed by atoms with Gasteiger partial charge in [0, 0.05) is 18.6 Å². The number of hydrogen-bond donors (Lipinski definition) is 1. The number of hydrogen-bond acceptors (Lipinski definition) is 5. The Morgan fingerprint density at radius 2 is 2.18 bits per heavy atom. The molecule has 4 nitrogen and oxygen atoms in total. The second-order valence-corrected chi connectivity index (χ2v) is 5.86. The van der Waals surface area contributed by atoms with Crippen LogP contribution in [0.5, 0.6) is 0 Å². The van der Waals surface area contributed by atoms with Crippen molar-refractivity contribution in [3.63, 3.8) is 0 Å². The van der Waals surface area contributed by atoms with Gasteiger partial charge in [0.25, 0.3) is 0 Å². The maximum atomic E-state index is 8.86. The lowest BCUT2D eigenvalue weighted by Gasteiger charge is -2.39. The fraction of sp³-hybridized carbons (Fsp3) is 0.636. The molecule has 2 rings (SSSR count). The first-order chi connectivity index (χ1) is 8.08. The maximum absolute atomic E-state index is 8.86. The number of halogens is 1. The highest BCUT2D eigenvalue weighted by molar-refractivity contribution is 7.16. The van der Waals surface area contributed by atoms with E-state index in [1.54, 1.807) is 0 Å². The summed E-state index contributed by atoms with van der Waals surface area (Å²) in [5.74, 6) is 0. The minimum absolute atomic E-state index is 0.218.